The molecule has 116 valence electrons. The van der Waals surface area contributed by atoms with Crippen molar-refractivity contribution in [2.24, 2.45) is 0 Å². The molecule has 0 aliphatic rings. The van der Waals surface area contributed by atoms with Crippen molar-refractivity contribution in [2.75, 3.05) is 0 Å². The standard InChI is InChI=1S/C16H24BrN3S/c1-6-14-16(17)15(20(7-2)19-14)9-18-11(4)13-8-10(3)21-12(13)5/h8,11,18H,6-7,9H2,1-5H3. The van der Waals surface area contributed by atoms with Gasteiger partial charge < -0.3 is 5.32 Å². The Hall–Kier alpha value is -0.650. The van der Waals surface area contributed by atoms with Crippen LogP contribution < -0.4 is 5.32 Å². The van der Waals surface area contributed by atoms with Crippen molar-refractivity contribution in [2.45, 2.75) is 60.2 Å². The molecule has 0 bridgehead atoms. The zero-order valence-electron chi connectivity index (χ0n) is 13.5. The van der Waals surface area contributed by atoms with Crippen LogP contribution in [-0.4, -0.2) is 9.78 Å². The van der Waals surface area contributed by atoms with Crippen LogP contribution in [0.5, 0.6) is 0 Å². The molecule has 2 rings (SSSR count). The van der Waals surface area contributed by atoms with E-state index in [1.807, 2.05) is 11.3 Å². The van der Waals surface area contributed by atoms with E-state index in [-0.39, 0.29) is 0 Å². The van der Waals surface area contributed by atoms with Crippen LogP contribution in [-0.2, 0) is 19.5 Å². The number of nitrogens with one attached hydrogen (secondary N) is 1. The summed E-state index contributed by atoms with van der Waals surface area (Å²) in [7, 11) is 0. The summed E-state index contributed by atoms with van der Waals surface area (Å²) in [6.07, 6.45) is 0.957. The van der Waals surface area contributed by atoms with Crippen molar-refractivity contribution in [3.63, 3.8) is 0 Å². The van der Waals surface area contributed by atoms with Crippen molar-refractivity contribution >= 4 is 27.3 Å². The van der Waals surface area contributed by atoms with E-state index < -0.39 is 0 Å². The van der Waals surface area contributed by atoms with Gasteiger partial charge >= 0.3 is 0 Å². The smallest absolute Gasteiger partial charge is 0.0767 e. The second kappa shape index (κ2) is 7.07. The summed E-state index contributed by atoms with van der Waals surface area (Å²) < 4.78 is 3.25. The van der Waals surface area contributed by atoms with Crippen molar-refractivity contribution in [3.05, 3.63) is 37.2 Å². The minimum Gasteiger partial charge on any atom is -0.304 e. The molecule has 21 heavy (non-hydrogen) atoms. The number of rotatable bonds is 6. The summed E-state index contributed by atoms with van der Waals surface area (Å²) in [4.78, 5) is 2.79. The van der Waals surface area contributed by atoms with Crippen LogP contribution in [0.15, 0.2) is 10.5 Å². The Bertz CT molecular complexity index is 615. The highest BCUT2D eigenvalue weighted by Crippen LogP contribution is 2.27. The van der Waals surface area contributed by atoms with Gasteiger partial charge in [0.05, 0.1) is 15.9 Å². The molecule has 0 aliphatic heterocycles. The summed E-state index contributed by atoms with van der Waals surface area (Å²) in [6.45, 7) is 12.6. The Labute approximate surface area is 139 Å². The minimum absolute atomic E-state index is 0.354. The van der Waals surface area contributed by atoms with Crippen LogP contribution in [0.4, 0.5) is 0 Å². The van der Waals surface area contributed by atoms with Crippen molar-refractivity contribution in [3.8, 4) is 0 Å². The molecule has 3 nitrogen and oxygen atoms in total. The van der Waals surface area contributed by atoms with E-state index in [1.54, 1.807) is 0 Å². The van der Waals surface area contributed by atoms with E-state index in [1.165, 1.54) is 21.0 Å². The van der Waals surface area contributed by atoms with Gasteiger partial charge in [0, 0.05) is 28.9 Å². The second-order valence-electron chi connectivity index (χ2n) is 5.35. The fourth-order valence-electron chi connectivity index (χ4n) is 2.63. The molecule has 5 heteroatoms. The molecule has 2 aromatic heterocycles. The van der Waals surface area contributed by atoms with E-state index in [9.17, 15) is 0 Å². The largest absolute Gasteiger partial charge is 0.304 e. The maximum atomic E-state index is 4.65. The molecular formula is C16H24BrN3S. The van der Waals surface area contributed by atoms with E-state index in [0.717, 1.165) is 29.7 Å². The van der Waals surface area contributed by atoms with Gasteiger partial charge in [-0.15, -0.1) is 11.3 Å². The summed E-state index contributed by atoms with van der Waals surface area (Å²) in [5.74, 6) is 0. The highest BCUT2D eigenvalue weighted by Gasteiger charge is 2.16. The monoisotopic (exact) mass is 369 g/mol. The summed E-state index contributed by atoms with van der Waals surface area (Å²) in [5, 5.41) is 8.29. The third-order valence-electron chi connectivity index (χ3n) is 3.82. The van der Waals surface area contributed by atoms with Crippen LogP contribution in [0, 0.1) is 13.8 Å². The average Bonchev–Trinajstić information content (AvgIpc) is 2.95. The third-order valence-corrected chi connectivity index (χ3v) is 5.71. The topological polar surface area (TPSA) is 29.9 Å². The molecule has 2 heterocycles. The predicted octanol–water partition coefficient (Wildman–Crippen LogP) is 4.76. The molecule has 1 N–H and O–H groups in total. The quantitative estimate of drug-likeness (QED) is 0.795. The van der Waals surface area contributed by atoms with Gasteiger partial charge in [0.1, 0.15) is 0 Å². The number of nitrogens with zero attached hydrogens (tertiary/aromatic N) is 2. The molecule has 0 amide bonds. The first-order valence-corrected chi connectivity index (χ1v) is 9.13. The zero-order valence-corrected chi connectivity index (χ0v) is 15.9. The lowest BCUT2D eigenvalue weighted by Crippen LogP contribution is -2.20. The number of aryl methyl sites for hydroxylation is 4. The Kier molecular flexibility index (Phi) is 5.63. The Morgan fingerprint density at radius 1 is 1.38 bits per heavy atom. The fraction of sp³-hybridized carbons (Fsp3) is 0.562. The molecule has 0 fully saturated rings. The van der Waals surface area contributed by atoms with Gasteiger partial charge in [-0.25, -0.2) is 0 Å². The molecule has 0 aromatic carbocycles. The first-order chi connectivity index (χ1) is 9.97. The maximum absolute atomic E-state index is 4.65. The van der Waals surface area contributed by atoms with Gasteiger partial charge in [0.25, 0.3) is 0 Å². The van der Waals surface area contributed by atoms with Crippen molar-refractivity contribution < 1.29 is 0 Å². The highest BCUT2D eigenvalue weighted by molar-refractivity contribution is 9.10. The van der Waals surface area contributed by atoms with Gasteiger partial charge in [0.2, 0.25) is 0 Å². The minimum atomic E-state index is 0.354. The van der Waals surface area contributed by atoms with Gasteiger partial charge in [-0.05, 0) is 61.7 Å². The number of hydrogen-bond acceptors (Lipinski definition) is 3. The first-order valence-electron chi connectivity index (χ1n) is 7.52. The lowest BCUT2D eigenvalue weighted by atomic mass is 10.1. The molecular weight excluding hydrogens is 346 g/mol. The normalized spacial score (nSPS) is 12.9. The Balaban J connectivity index is 2.12. The molecule has 0 spiro atoms. The van der Waals surface area contributed by atoms with Crippen LogP contribution in [0.2, 0.25) is 0 Å². The van der Waals surface area contributed by atoms with Crippen LogP contribution in [0.25, 0.3) is 0 Å². The Morgan fingerprint density at radius 2 is 2.10 bits per heavy atom. The molecule has 0 saturated carbocycles. The second-order valence-corrected chi connectivity index (χ2v) is 7.60. The van der Waals surface area contributed by atoms with Crippen molar-refractivity contribution in [1.29, 1.82) is 0 Å². The first kappa shape index (κ1) is 16.7. The lowest BCUT2D eigenvalue weighted by Gasteiger charge is -2.15. The number of halogens is 1. The van der Waals surface area contributed by atoms with Crippen LogP contribution in [0.3, 0.4) is 0 Å². The zero-order chi connectivity index (χ0) is 15.6. The molecule has 0 radical (unpaired) electrons. The SMILES string of the molecule is CCc1nn(CC)c(CNC(C)c2cc(C)sc2C)c1Br. The lowest BCUT2D eigenvalue weighted by molar-refractivity contribution is 0.529. The molecule has 1 atom stereocenters. The van der Waals surface area contributed by atoms with Crippen LogP contribution >= 0.6 is 27.3 Å². The Morgan fingerprint density at radius 3 is 2.62 bits per heavy atom. The van der Waals surface area contributed by atoms with Gasteiger partial charge in [-0.1, -0.05) is 6.92 Å². The highest BCUT2D eigenvalue weighted by atomic mass is 79.9. The molecule has 0 saturated heterocycles. The van der Waals surface area contributed by atoms with Crippen molar-refractivity contribution in [1.82, 2.24) is 15.1 Å². The molecule has 0 aliphatic carbocycles. The maximum Gasteiger partial charge on any atom is 0.0767 e. The van der Waals surface area contributed by atoms with E-state index in [2.05, 4.69) is 71.7 Å². The molecule has 2 aromatic rings. The van der Waals surface area contributed by atoms with E-state index >= 15 is 0 Å². The summed E-state index contributed by atoms with van der Waals surface area (Å²) in [6, 6.07) is 2.65. The van der Waals surface area contributed by atoms with E-state index in [0.29, 0.717) is 6.04 Å². The van der Waals surface area contributed by atoms with Gasteiger partial charge in [-0.2, -0.15) is 5.10 Å². The van der Waals surface area contributed by atoms with Gasteiger partial charge in [0.15, 0.2) is 0 Å². The average molecular weight is 370 g/mol. The fourth-order valence-corrected chi connectivity index (χ4v) is 4.35. The number of aromatic nitrogens is 2. The van der Waals surface area contributed by atoms with Gasteiger partial charge in [-0.3, -0.25) is 4.68 Å². The third kappa shape index (κ3) is 3.58. The molecule has 1 unspecified atom stereocenters. The van der Waals surface area contributed by atoms with E-state index in [4.69, 9.17) is 0 Å². The number of thiophene rings is 1. The predicted molar refractivity (Wildman–Crippen MR) is 94.0 cm³/mol. The van der Waals surface area contributed by atoms with Crippen LogP contribution in [0.1, 0.15) is 53.5 Å². The summed E-state index contributed by atoms with van der Waals surface area (Å²) in [5.41, 5.74) is 3.79. The number of hydrogen-bond donors (Lipinski definition) is 1. The summed E-state index contributed by atoms with van der Waals surface area (Å²) >= 11 is 5.58.